The summed E-state index contributed by atoms with van der Waals surface area (Å²) >= 11 is 0. The lowest BCUT2D eigenvalue weighted by atomic mass is 10.1. The van der Waals surface area contributed by atoms with Gasteiger partial charge in [-0.15, -0.1) is 0 Å². The van der Waals surface area contributed by atoms with Crippen molar-refractivity contribution in [3.05, 3.63) is 89.5 Å². The fraction of sp³-hybridized carbons (Fsp3) is 0.148. The quantitative estimate of drug-likeness (QED) is 0.268. The fourth-order valence-corrected chi connectivity index (χ4v) is 4.40. The number of imide groups is 2. The van der Waals surface area contributed by atoms with Crippen molar-refractivity contribution >= 4 is 39.7 Å². The highest BCUT2D eigenvalue weighted by Gasteiger charge is 2.36. The molecule has 0 aromatic heterocycles. The molecule has 0 aliphatic carbocycles. The fourth-order valence-electron chi connectivity index (χ4n) is 3.47. The number of rotatable bonds is 8. The van der Waals surface area contributed by atoms with Crippen molar-refractivity contribution in [1.29, 1.82) is 0 Å². The Morgan fingerprint density at radius 3 is 2.11 bits per heavy atom. The minimum absolute atomic E-state index is 0.0171. The largest absolute Gasteiger partial charge is 0.494 e. The van der Waals surface area contributed by atoms with E-state index in [-0.39, 0.29) is 21.9 Å². The zero-order valence-corrected chi connectivity index (χ0v) is 20.9. The normalized spacial score (nSPS) is 15.0. The Labute approximate surface area is 214 Å². The van der Waals surface area contributed by atoms with Gasteiger partial charge in [-0.25, -0.2) is 9.69 Å². The Bertz CT molecular complexity index is 1460. The van der Waals surface area contributed by atoms with Crippen molar-refractivity contribution in [2.45, 2.75) is 25.2 Å². The van der Waals surface area contributed by atoms with Gasteiger partial charge < -0.3 is 8.92 Å². The zero-order chi connectivity index (χ0) is 26.6. The lowest BCUT2D eigenvalue weighted by Gasteiger charge is -2.26. The molecular weight excluding hydrogens is 496 g/mol. The Balaban J connectivity index is 1.53. The molecule has 9 nitrogen and oxygen atoms in total. The molecule has 0 radical (unpaired) electrons. The number of hydrogen-bond acceptors (Lipinski definition) is 7. The van der Waals surface area contributed by atoms with Crippen LogP contribution in [0.15, 0.2) is 83.3 Å². The van der Waals surface area contributed by atoms with Crippen LogP contribution in [0.3, 0.4) is 0 Å². The maximum atomic E-state index is 13.1. The number of anilines is 1. The van der Waals surface area contributed by atoms with Crippen molar-refractivity contribution in [3.8, 4) is 11.5 Å². The molecule has 10 heteroatoms. The van der Waals surface area contributed by atoms with E-state index in [1.54, 1.807) is 36.4 Å². The Hall–Kier alpha value is -4.44. The number of hydrogen-bond donors (Lipinski definition) is 1. The van der Waals surface area contributed by atoms with Crippen LogP contribution in [0.1, 0.15) is 24.5 Å². The molecule has 1 saturated heterocycles. The molecule has 37 heavy (non-hydrogen) atoms. The Morgan fingerprint density at radius 1 is 0.865 bits per heavy atom. The predicted molar refractivity (Wildman–Crippen MR) is 137 cm³/mol. The summed E-state index contributed by atoms with van der Waals surface area (Å²) in [6.07, 6.45) is 2.15. The summed E-state index contributed by atoms with van der Waals surface area (Å²) in [4.78, 5) is 38.8. The van der Waals surface area contributed by atoms with E-state index in [1.807, 2.05) is 13.8 Å². The van der Waals surface area contributed by atoms with Gasteiger partial charge in [-0.05, 0) is 73.5 Å². The summed E-state index contributed by atoms with van der Waals surface area (Å²) in [5.41, 5.74) is 1.36. The van der Waals surface area contributed by atoms with Gasteiger partial charge in [0.05, 0.1) is 12.3 Å². The van der Waals surface area contributed by atoms with E-state index < -0.39 is 28.0 Å². The van der Waals surface area contributed by atoms with E-state index in [0.717, 1.165) is 16.9 Å². The highest BCUT2D eigenvalue weighted by atomic mass is 32.2. The van der Waals surface area contributed by atoms with Gasteiger partial charge in [0.2, 0.25) is 0 Å². The van der Waals surface area contributed by atoms with Gasteiger partial charge in [-0.2, -0.15) is 8.42 Å². The minimum atomic E-state index is -4.03. The second-order valence-electron chi connectivity index (χ2n) is 8.22. The number of ether oxygens (including phenoxy) is 1. The monoisotopic (exact) mass is 520 g/mol. The molecule has 1 fully saturated rings. The second-order valence-corrected chi connectivity index (χ2v) is 9.77. The van der Waals surface area contributed by atoms with E-state index in [9.17, 15) is 22.8 Å². The SMILES string of the molecule is CCCOc1ccc(N2C(=O)NC(=O)/C(=C/c3ccc(OS(=O)(=O)c4ccc(C)cc4)cc3)C2=O)cc1. The molecule has 1 N–H and O–H groups in total. The smallest absolute Gasteiger partial charge is 0.339 e. The van der Waals surface area contributed by atoms with Crippen LogP contribution < -0.4 is 19.1 Å². The van der Waals surface area contributed by atoms with Crippen molar-refractivity contribution in [2.75, 3.05) is 11.5 Å². The maximum absolute atomic E-state index is 13.1. The number of carbonyl (C=O) groups excluding carboxylic acids is 3. The predicted octanol–water partition coefficient (Wildman–Crippen LogP) is 4.22. The topological polar surface area (TPSA) is 119 Å². The second kappa shape index (κ2) is 10.7. The van der Waals surface area contributed by atoms with Crippen LogP contribution in [0.25, 0.3) is 6.08 Å². The van der Waals surface area contributed by atoms with Gasteiger partial charge in [0.1, 0.15) is 22.0 Å². The molecule has 3 aromatic carbocycles. The van der Waals surface area contributed by atoms with Gasteiger partial charge >= 0.3 is 16.1 Å². The Morgan fingerprint density at radius 2 is 1.49 bits per heavy atom. The molecule has 1 heterocycles. The number of nitrogens with zero attached hydrogens (tertiary/aromatic N) is 1. The third kappa shape index (κ3) is 5.87. The number of urea groups is 1. The van der Waals surface area contributed by atoms with Gasteiger partial charge in [0.15, 0.2) is 0 Å². The Kier molecular flexibility index (Phi) is 7.40. The third-order valence-corrected chi connectivity index (χ3v) is 6.64. The minimum Gasteiger partial charge on any atom is -0.494 e. The van der Waals surface area contributed by atoms with Crippen LogP contribution in [0.5, 0.6) is 11.5 Å². The number of aryl methyl sites for hydroxylation is 1. The summed E-state index contributed by atoms with van der Waals surface area (Å²) in [5.74, 6) is -0.979. The van der Waals surface area contributed by atoms with Crippen LogP contribution in [0.4, 0.5) is 10.5 Å². The number of barbiturate groups is 1. The number of carbonyl (C=O) groups is 3. The molecule has 0 saturated carbocycles. The van der Waals surface area contributed by atoms with E-state index >= 15 is 0 Å². The highest BCUT2D eigenvalue weighted by Crippen LogP contribution is 2.25. The zero-order valence-electron chi connectivity index (χ0n) is 20.1. The number of nitrogens with one attached hydrogen (secondary N) is 1. The van der Waals surface area contributed by atoms with Crippen molar-refractivity contribution in [1.82, 2.24) is 5.32 Å². The summed E-state index contributed by atoms with van der Waals surface area (Å²) < 4.78 is 35.7. The van der Waals surface area contributed by atoms with Crippen molar-refractivity contribution in [3.63, 3.8) is 0 Å². The van der Waals surface area contributed by atoms with Crippen molar-refractivity contribution < 1.29 is 31.7 Å². The molecule has 190 valence electrons. The lowest BCUT2D eigenvalue weighted by Crippen LogP contribution is -2.54. The lowest BCUT2D eigenvalue weighted by molar-refractivity contribution is -0.122. The number of benzene rings is 3. The summed E-state index contributed by atoms with van der Waals surface area (Å²) in [6, 6.07) is 17.5. The first-order valence-corrected chi connectivity index (χ1v) is 12.8. The van der Waals surface area contributed by atoms with Crippen LogP contribution in [0.2, 0.25) is 0 Å². The molecule has 0 unspecified atom stereocenters. The first-order valence-electron chi connectivity index (χ1n) is 11.4. The third-order valence-electron chi connectivity index (χ3n) is 5.38. The summed E-state index contributed by atoms with van der Waals surface area (Å²) in [6.45, 7) is 4.35. The molecule has 4 rings (SSSR count). The van der Waals surface area contributed by atoms with Gasteiger partial charge in [0.25, 0.3) is 11.8 Å². The standard InChI is InChI=1S/C27H24N2O7S/c1-3-16-35-21-12-8-20(9-13-21)29-26(31)24(25(30)28-27(29)32)17-19-6-10-22(11-7-19)36-37(33,34)23-14-4-18(2)5-15-23/h4-15,17H,3,16H2,1-2H3,(H,28,30,32)/b24-17-. The van der Waals surface area contributed by atoms with E-state index in [1.165, 1.54) is 42.5 Å². The summed E-state index contributed by atoms with van der Waals surface area (Å²) in [7, 11) is -4.03. The number of amides is 4. The molecule has 0 spiro atoms. The highest BCUT2D eigenvalue weighted by molar-refractivity contribution is 7.87. The average molecular weight is 521 g/mol. The molecule has 1 aliphatic heterocycles. The maximum Gasteiger partial charge on any atom is 0.339 e. The van der Waals surface area contributed by atoms with Crippen LogP contribution in [-0.2, 0) is 19.7 Å². The summed E-state index contributed by atoms with van der Waals surface area (Å²) in [5, 5.41) is 2.17. The van der Waals surface area contributed by atoms with Crippen molar-refractivity contribution in [2.24, 2.45) is 0 Å². The van der Waals surface area contributed by atoms with E-state index in [4.69, 9.17) is 8.92 Å². The molecule has 0 atom stereocenters. The van der Waals surface area contributed by atoms with Crippen LogP contribution in [-0.4, -0.2) is 32.9 Å². The molecule has 1 aliphatic rings. The van der Waals surface area contributed by atoms with E-state index in [2.05, 4.69) is 5.32 Å². The molecule has 4 amide bonds. The molecular formula is C27H24N2O7S. The molecule has 0 bridgehead atoms. The van der Waals surface area contributed by atoms with Gasteiger partial charge in [-0.3, -0.25) is 14.9 Å². The average Bonchev–Trinajstić information content (AvgIpc) is 2.87. The van der Waals surface area contributed by atoms with E-state index in [0.29, 0.717) is 17.9 Å². The first-order chi connectivity index (χ1) is 17.7. The van der Waals surface area contributed by atoms with Crippen LogP contribution in [0, 0.1) is 6.92 Å². The molecule has 3 aromatic rings. The van der Waals surface area contributed by atoms with Gasteiger partial charge in [-0.1, -0.05) is 36.8 Å². The first kappa shape index (κ1) is 25.6. The van der Waals surface area contributed by atoms with Gasteiger partial charge in [0, 0.05) is 0 Å². The van der Waals surface area contributed by atoms with Crippen LogP contribution >= 0.6 is 0 Å².